The maximum Gasteiger partial charge on any atom is 0.492 e. The quantitative estimate of drug-likeness (QED) is 0.825. The highest BCUT2D eigenvalue weighted by Gasteiger charge is 2.52. The van der Waals surface area contributed by atoms with Gasteiger partial charge in [0.2, 0.25) is 0 Å². The van der Waals surface area contributed by atoms with Gasteiger partial charge in [-0.3, -0.25) is 0 Å². The molecule has 0 saturated carbocycles. The van der Waals surface area contributed by atoms with Crippen LogP contribution in [-0.4, -0.2) is 41.1 Å². The van der Waals surface area contributed by atoms with Gasteiger partial charge in [-0.05, 0) is 56.9 Å². The molecule has 1 aliphatic heterocycles. The molecule has 124 valence electrons. The van der Waals surface area contributed by atoms with Crippen molar-refractivity contribution in [3.63, 3.8) is 0 Å². The zero-order valence-electron chi connectivity index (χ0n) is 13.6. The number of carboxylic acids is 1. The van der Waals surface area contributed by atoms with Gasteiger partial charge in [0.25, 0.3) is 0 Å². The van der Waals surface area contributed by atoms with Gasteiger partial charge in [-0.15, -0.1) is 0 Å². The summed E-state index contributed by atoms with van der Waals surface area (Å²) in [5.74, 6) is -1.07. The molecule has 1 fully saturated rings. The summed E-state index contributed by atoms with van der Waals surface area (Å²) in [6.07, 6.45) is 1.55. The third-order valence-electron chi connectivity index (χ3n) is 4.32. The van der Waals surface area contributed by atoms with E-state index in [1.54, 1.807) is 6.08 Å². The van der Waals surface area contributed by atoms with Crippen molar-refractivity contribution >= 4 is 30.8 Å². The Morgan fingerprint density at radius 3 is 2.30 bits per heavy atom. The lowest BCUT2D eigenvalue weighted by Gasteiger charge is -2.32. The molecule has 2 N–H and O–H groups in total. The van der Waals surface area contributed by atoms with Crippen molar-refractivity contribution in [2.75, 3.05) is 6.61 Å². The van der Waals surface area contributed by atoms with Crippen molar-refractivity contribution in [1.82, 2.24) is 0 Å². The van der Waals surface area contributed by atoms with Gasteiger partial charge in [-0.25, -0.2) is 4.79 Å². The zero-order chi connectivity index (χ0) is 17.4. The SMILES string of the molecule is CC1(C)OB(C(=Cc2cc(Cl)ccc2C(=O)O)CO)OC1(C)C. The number of aliphatic hydroxyl groups is 1. The number of aliphatic hydroxyl groups excluding tert-OH is 1. The van der Waals surface area contributed by atoms with Crippen LogP contribution in [0.1, 0.15) is 43.6 Å². The second kappa shape index (κ2) is 6.28. The van der Waals surface area contributed by atoms with Gasteiger partial charge in [0.1, 0.15) is 0 Å². The van der Waals surface area contributed by atoms with Crippen LogP contribution in [0.25, 0.3) is 6.08 Å². The van der Waals surface area contributed by atoms with Crippen LogP contribution in [0.15, 0.2) is 23.7 Å². The molecule has 1 heterocycles. The molecular formula is C16H20BClO5. The summed E-state index contributed by atoms with van der Waals surface area (Å²) in [5, 5.41) is 19.4. The Morgan fingerprint density at radius 2 is 1.83 bits per heavy atom. The Kier molecular flexibility index (Phi) is 4.92. The number of aromatic carboxylic acids is 1. The number of carboxylic acid groups (broad SMARTS) is 1. The molecule has 0 amide bonds. The molecule has 5 nitrogen and oxygen atoms in total. The third kappa shape index (κ3) is 3.61. The topological polar surface area (TPSA) is 76.0 Å². The first-order valence-electron chi connectivity index (χ1n) is 7.27. The molecule has 0 aromatic heterocycles. The Morgan fingerprint density at radius 1 is 1.26 bits per heavy atom. The maximum absolute atomic E-state index is 11.3. The number of hydrogen-bond acceptors (Lipinski definition) is 4. The van der Waals surface area contributed by atoms with Crippen molar-refractivity contribution in [3.8, 4) is 0 Å². The molecule has 0 spiro atoms. The van der Waals surface area contributed by atoms with Crippen molar-refractivity contribution in [2.45, 2.75) is 38.9 Å². The van der Waals surface area contributed by atoms with Crippen LogP contribution in [-0.2, 0) is 9.31 Å². The summed E-state index contributed by atoms with van der Waals surface area (Å²) in [6, 6.07) is 4.47. The summed E-state index contributed by atoms with van der Waals surface area (Å²) >= 11 is 5.95. The van der Waals surface area contributed by atoms with Gasteiger partial charge in [0.05, 0.1) is 23.4 Å². The molecule has 1 aromatic rings. The van der Waals surface area contributed by atoms with Gasteiger partial charge in [-0.1, -0.05) is 17.7 Å². The van der Waals surface area contributed by atoms with E-state index < -0.39 is 24.3 Å². The minimum atomic E-state index is -1.07. The van der Waals surface area contributed by atoms with E-state index in [-0.39, 0.29) is 12.2 Å². The average Bonchev–Trinajstić information content (AvgIpc) is 2.64. The zero-order valence-corrected chi connectivity index (χ0v) is 14.3. The van der Waals surface area contributed by atoms with Crippen LogP contribution >= 0.6 is 11.6 Å². The number of carbonyl (C=O) groups is 1. The number of benzene rings is 1. The molecule has 2 rings (SSSR count). The predicted molar refractivity (Wildman–Crippen MR) is 89.6 cm³/mol. The predicted octanol–water partition coefficient (Wildman–Crippen LogP) is 3.05. The molecular weight excluding hydrogens is 318 g/mol. The van der Waals surface area contributed by atoms with Crippen LogP contribution in [0.4, 0.5) is 0 Å². The van der Waals surface area contributed by atoms with Crippen LogP contribution in [0.3, 0.4) is 0 Å². The Bertz CT molecular complexity index is 638. The van der Waals surface area contributed by atoms with Gasteiger partial charge in [0.15, 0.2) is 0 Å². The molecule has 23 heavy (non-hydrogen) atoms. The van der Waals surface area contributed by atoms with Crippen molar-refractivity contribution in [1.29, 1.82) is 0 Å². The average molecular weight is 339 g/mol. The fraction of sp³-hybridized carbons (Fsp3) is 0.438. The Labute approximate surface area is 141 Å². The van der Waals surface area contributed by atoms with Crippen LogP contribution in [0.5, 0.6) is 0 Å². The van der Waals surface area contributed by atoms with E-state index in [9.17, 15) is 15.0 Å². The normalized spacial score (nSPS) is 19.9. The largest absolute Gasteiger partial charge is 0.492 e. The van der Waals surface area contributed by atoms with E-state index in [2.05, 4.69) is 0 Å². The highest BCUT2D eigenvalue weighted by Crippen LogP contribution is 2.38. The standard InChI is InChI=1S/C16H20BClO5/c1-15(2)16(3,4)23-17(22-15)11(9-19)7-10-8-12(18)5-6-13(10)14(20)21/h5-8,19H,9H2,1-4H3,(H,20,21). The van der Waals surface area contributed by atoms with Crippen LogP contribution < -0.4 is 0 Å². The fourth-order valence-corrected chi connectivity index (χ4v) is 2.41. The molecule has 0 bridgehead atoms. The Hall–Kier alpha value is -1.34. The second-order valence-electron chi connectivity index (χ2n) is 6.50. The minimum absolute atomic E-state index is 0.0943. The summed E-state index contributed by atoms with van der Waals surface area (Å²) in [4.78, 5) is 11.3. The lowest BCUT2D eigenvalue weighted by Crippen LogP contribution is -2.41. The first kappa shape index (κ1) is 18.0. The van der Waals surface area contributed by atoms with E-state index in [4.69, 9.17) is 20.9 Å². The first-order valence-corrected chi connectivity index (χ1v) is 7.65. The van der Waals surface area contributed by atoms with E-state index in [0.717, 1.165) is 0 Å². The summed E-state index contributed by atoms with van der Waals surface area (Å²) < 4.78 is 11.8. The molecule has 0 atom stereocenters. The molecule has 0 unspecified atom stereocenters. The molecule has 0 radical (unpaired) electrons. The smallest absolute Gasteiger partial charge is 0.478 e. The van der Waals surface area contributed by atoms with Crippen LogP contribution in [0, 0.1) is 0 Å². The monoisotopic (exact) mass is 338 g/mol. The summed E-state index contributed by atoms with van der Waals surface area (Å²) in [7, 11) is -0.745. The van der Waals surface area contributed by atoms with E-state index in [1.165, 1.54) is 18.2 Å². The molecule has 7 heteroatoms. The highest BCUT2D eigenvalue weighted by atomic mass is 35.5. The third-order valence-corrected chi connectivity index (χ3v) is 4.56. The van der Waals surface area contributed by atoms with Crippen molar-refractivity contribution in [2.24, 2.45) is 0 Å². The minimum Gasteiger partial charge on any atom is -0.478 e. The molecule has 1 saturated heterocycles. The maximum atomic E-state index is 11.3. The van der Waals surface area contributed by atoms with Crippen molar-refractivity contribution < 1.29 is 24.3 Å². The number of halogens is 1. The van der Waals surface area contributed by atoms with Gasteiger partial charge < -0.3 is 19.5 Å². The van der Waals surface area contributed by atoms with E-state index in [1.807, 2.05) is 27.7 Å². The lowest BCUT2D eigenvalue weighted by molar-refractivity contribution is 0.00578. The Balaban J connectivity index is 2.41. The van der Waals surface area contributed by atoms with E-state index in [0.29, 0.717) is 16.1 Å². The fourth-order valence-electron chi connectivity index (χ4n) is 2.23. The lowest BCUT2D eigenvalue weighted by atomic mass is 9.77. The number of rotatable bonds is 4. The molecule has 0 aliphatic carbocycles. The van der Waals surface area contributed by atoms with Crippen LogP contribution in [0.2, 0.25) is 5.02 Å². The molecule has 1 aliphatic rings. The first-order chi connectivity index (χ1) is 10.6. The molecule has 1 aromatic carbocycles. The summed E-state index contributed by atoms with van der Waals surface area (Å²) in [5.41, 5.74) is -0.166. The van der Waals surface area contributed by atoms with Crippen molar-refractivity contribution in [3.05, 3.63) is 39.8 Å². The van der Waals surface area contributed by atoms with Gasteiger partial charge in [-0.2, -0.15) is 0 Å². The number of hydrogen-bond donors (Lipinski definition) is 2. The van der Waals surface area contributed by atoms with E-state index >= 15 is 0 Å². The summed E-state index contributed by atoms with van der Waals surface area (Å²) in [6.45, 7) is 7.31. The van der Waals surface area contributed by atoms with Gasteiger partial charge in [0, 0.05) is 5.02 Å². The highest BCUT2D eigenvalue weighted by molar-refractivity contribution is 6.55. The second-order valence-corrected chi connectivity index (χ2v) is 6.94. The van der Waals surface area contributed by atoms with Gasteiger partial charge >= 0.3 is 13.1 Å².